The Kier molecular flexibility index (Phi) is 4.04. The molecule has 1 aromatic carbocycles. The van der Waals surface area contributed by atoms with Crippen molar-refractivity contribution in [2.75, 3.05) is 11.4 Å². The summed E-state index contributed by atoms with van der Waals surface area (Å²) in [7, 11) is 0. The Balaban J connectivity index is 2.18. The summed E-state index contributed by atoms with van der Waals surface area (Å²) in [5.74, 6) is -1.08. The van der Waals surface area contributed by atoms with E-state index >= 15 is 0 Å². The minimum Gasteiger partial charge on any atom is -0.352 e. The lowest BCUT2D eigenvalue weighted by atomic mass is 10.1. The number of carbonyl (C=O) groups is 2. The SMILES string of the molecule is CCC(C)NC(=O)CN1C(=O)C(N)c2cc(F)ccc21. The van der Waals surface area contributed by atoms with Crippen molar-refractivity contribution in [3.63, 3.8) is 0 Å². The van der Waals surface area contributed by atoms with Gasteiger partial charge < -0.3 is 16.0 Å². The van der Waals surface area contributed by atoms with Crippen LogP contribution < -0.4 is 16.0 Å². The van der Waals surface area contributed by atoms with E-state index in [0.29, 0.717) is 11.3 Å². The molecule has 1 aliphatic heterocycles. The van der Waals surface area contributed by atoms with Gasteiger partial charge in [-0.1, -0.05) is 6.92 Å². The molecule has 5 nitrogen and oxygen atoms in total. The quantitative estimate of drug-likeness (QED) is 0.866. The summed E-state index contributed by atoms with van der Waals surface area (Å²) < 4.78 is 13.2. The van der Waals surface area contributed by atoms with E-state index in [1.165, 1.54) is 23.1 Å². The lowest BCUT2D eigenvalue weighted by Gasteiger charge is -2.19. The predicted octanol–water partition coefficient (Wildman–Crippen LogP) is 1.09. The number of rotatable bonds is 4. The van der Waals surface area contributed by atoms with Gasteiger partial charge in [-0.15, -0.1) is 0 Å². The zero-order chi connectivity index (χ0) is 14.9. The zero-order valence-corrected chi connectivity index (χ0v) is 11.5. The smallest absolute Gasteiger partial charge is 0.249 e. The molecule has 2 amide bonds. The van der Waals surface area contributed by atoms with Gasteiger partial charge in [0.1, 0.15) is 18.4 Å². The highest BCUT2D eigenvalue weighted by Crippen LogP contribution is 2.34. The van der Waals surface area contributed by atoms with Gasteiger partial charge in [0.25, 0.3) is 0 Å². The monoisotopic (exact) mass is 279 g/mol. The van der Waals surface area contributed by atoms with E-state index in [9.17, 15) is 14.0 Å². The molecule has 0 bridgehead atoms. The molecule has 0 spiro atoms. The second-order valence-electron chi connectivity index (χ2n) is 4.98. The number of hydrogen-bond donors (Lipinski definition) is 2. The first-order valence-electron chi connectivity index (χ1n) is 6.59. The molecule has 3 N–H and O–H groups in total. The maximum atomic E-state index is 13.2. The number of halogens is 1. The zero-order valence-electron chi connectivity index (χ0n) is 11.5. The number of nitrogens with two attached hydrogens (primary N) is 1. The van der Waals surface area contributed by atoms with Crippen LogP contribution in [-0.2, 0) is 9.59 Å². The molecular weight excluding hydrogens is 261 g/mol. The molecule has 2 rings (SSSR count). The highest BCUT2D eigenvalue weighted by atomic mass is 19.1. The standard InChI is InChI=1S/C14H18FN3O2/c1-3-8(2)17-12(19)7-18-11-5-4-9(15)6-10(11)13(16)14(18)20/h4-6,8,13H,3,7,16H2,1-2H3,(H,17,19). The Morgan fingerprint density at radius 2 is 2.25 bits per heavy atom. The summed E-state index contributed by atoms with van der Waals surface area (Å²) in [6, 6.07) is 3.11. The molecule has 0 saturated carbocycles. The Morgan fingerprint density at radius 3 is 2.90 bits per heavy atom. The highest BCUT2D eigenvalue weighted by Gasteiger charge is 2.36. The molecule has 6 heteroatoms. The third-order valence-electron chi connectivity index (χ3n) is 3.47. The third kappa shape index (κ3) is 2.65. The van der Waals surface area contributed by atoms with Gasteiger partial charge >= 0.3 is 0 Å². The van der Waals surface area contributed by atoms with Crippen molar-refractivity contribution in [3.05, 3.63) is 29.6 Å². The van der Waals surface area contributed by atoms with E-state index in [1.807, 2.05) is 13.8 Å². The van der Waals surface area contributed by atoms with Crippen LogP contribution >= 0.6 is 0 Å². The molecule has 1 aliphatic rings. The van der Waals surface area contributed by atoms with Gasteiger partial charge in [-0.2, -0.15) is 0 Å². The van der Waals surface area contributed by atoms with Crippen molar-refractivity contribution in [1.29, 1.82) is 0 Å². The van der Waals surface area contributed by atoms with Crippen LogP contribution in [0.25, 0.3) is 0 Å². The average Bonchev–Trinajstić information content (AvgIpc) is 2.63. The minimum atomic E-state index is -0.905. The predicted molar refractivity (Wildman–Crippen MR) is 73.6 cm³/mol. The fourth-order valence-corrected chi connectivity index (χ4v) is 2.17. The van der Waals surface area contributed by atoms with Gasteiger partial charge in [-0.3, -0.25) is 9.59 Å². The first kappa shape index (κ1) is 14.5. The van der Waals surface area contributed by atoms with Crippen molar-refractivity contribution < 1.29 is 14.0 Å². The van der Waals surface area contributed by atoms with Crippen LogP contribution in [-0.4, -0.2) is 24.4 Å². The van der Waals surface area contributed by atoms with Crippen molar-refractivity contribution in [2.24, 2.45) is 5.73 Å². The molecule has 108 valence electrons. The Morgan fingerprint density at radius 1 is 1.55 bits per heavy atom. The number of hydrogen-bond acceptors (Lipinski definition) is 3. The molecule has 0 saturated heterocycles. The van der Waals surface area contributed by atoms with Crippen molar-refractivity contribution in [1.82, 2.24) is 5.32 Å². The second kappa shape index (κ2) is 5.58. The molecule has 0 radical (unpaired) electrons. The average molecular weight is 279 g/mol. The fourth-order valence-electron chi connectivity index (χ4n) is 2.17. The van der Waals surface area contributed by atoms with Crippen LogP contribution in [0, 0.1) is 5.82 Å². The summed E-state index contributed by atoms with van der Waals surface area (Å²) >= 11 is 0. The molecule has 20 heavy (non-hydrogen) atoms. The van der Waals surface area contributed by atoms with Crippen LogP contribution in [0.3, 0.4) is 0 Å². The Labute approximate surface area is 116 Å². The maximum absolute atomic E-state index is 13.2. The van der Waals surface area contributed by atoms with E-state index in [1.54, 1.807) is 0 Å². The number of benzene rings is 1. The Hall–Kier alpha value is -1.95. The third-order valence-corrected chi connectivity index (χ3v) is 3.47. The normalized spacial score (nSPS) is 18.9. The molecule has 0 aliphatic carbocycles. The largest absolute Gasteiger partial charge is 0.352 e. The first-order chi connectivity index (χ1) is 9.43. The van der Waals surface area contributed by atoms with Crippen molar-refractivity contribution in [3.8, 4) is 0 Å². The van der Waals surface area contributed by atoms with E-state index in [0.717, 1.165) is 6.42 Å². The van der Waals surface area contributed by atoms with Gasteiger partial charge in [-0.05, 0) is 31.5 Å². The Bertz CT molecular complexity index is 547. The van der Waals surface area contributed by atoms with Crippen LogP contribution in [0.2, 0.25) is 0 Å². The highest BCUT2D eigenvalue weighted by molar-refractivity contribution is 6.07. The molecule has 2 atom stereocenters. The van der Waals surface area contributed by atoms with Crippen molar-refractivity contribution >= 4 is 17.5 Å². The van der Waals surface area contributed by atoms with Crippen LogP contribution in [0.5, 0.6) is 0 Å². The molecule has 0 aromatic heterocycles. The van der Waals surface area contributed by atoms with E-state index in [4.69, 9.17) is 5.73 Å². The fraction of sp³-hybridized carbons (Fsp3) is 0.429. The van der Waals surface area contributed by atoms with E-state index in [-0.39, 0.29) is 24.4 Å². The summed E-state index contributed by atoms with van der Waals surface area (Å²) in [5, 5.41) is 2.79. The summed E-state index contributed by atoms with van der Waals surface area (Å²) in [4.78, 5) is 25.2. The molecule has 2 unspecified atom stereocenters. The summed E-state index contributed by atoms with van der Waals surface area (Å²) in [5.41, 5.74) is 6.69. The number of fused-ring (bicyclic) bond motifs is 1. The number of carbonyl (C=O) groups excluding carboxylic acids is 2. The number of nitrogens with one attached hydrogen (secondary N) is 1. The van der Waals surface area contributed by atoms with E-state index in [2.05, 4.69) is 5.32 Å². The maximum Gasteiger partial charge on any atom is 0.249 e. The van der Waals surface area contributed by atoms with Gasteiger partial charge in [0.05, 0.1) is 0 Å². The molecule has 1 aromatic rings. The second-order valence-corrected chi connectivity index (χ2v) is 4.98. The van der Waals surface area contributed by atoms with Gasteiger partial charge in [0.2, 0.25) is 11.8 Å². The van der Waals surface area contributed by atoms with Crippen LogP contribution in [0.15, 0.2) is 18.2 Å². The first-order valence-corrected chi connectivity index (χ1v) is 6.59. The number of nitrogens with zero attached hydrogens (tertiary/aromatic N) is 1. The lowest BCUT2D eigenvalue weighted by Crippen LogP contribution is -2.43. The van der Waals surface area contributed by atoms with Crippen molar-refractivity contribution in [2.45, 2.75) is 32.4 Å². The minimum absolute atomic E-state index is 0.0431. The van der Waals surface area contributed by atoms with Crippen LogP contribution in [0.1, 0.15) is 31.9 Å². The van der Waals surface area contributed by atoms with E-state index < -0.39 is 11.9 Å². The number of amides is 2. The molecule has 1 heterocycles. The van der Waals surface area contributed by atoms with Gasteiger partial charge in [0, 0.05) is 17.3 Å². The summed E-state index contributed by atoms with van der Waals surface area (Å²) in [6.07, 6.45) is 0.807. The number of anilines is 1. The topological polar surface area (TPSA) is 75.4 Å². The molecular formula is C14H18FN3O2. The van der Waals surface area contributed by atoms with Gasteiger partial charge in [-0.25, -0.2) is 4.39 Å². The van der Waals surface area contributed by atoms with Gasteiger partial charge in [0.15, 0.2) is 0 Å². The lowest BCUT2D eigenvalue weighted by molar-refractivity contribution is -0.124. The van der Waals surface area contributed by atoms with Crippen LogP contribution in [0.4, 0.5) is 10.1 Å². The summed E-state index contributed by atoms with van der Waals surface area (Å²) in [6.45, 7) is 3.74. The molecule has 0 fully saturated rings.